The molecule has 1 aromatic rings. The minimum Gasteiger partial charge on any atom is -0.478 e. The predicted octanol–water partition coefficient (Wildman–Crippen LogP) is 2.86. The third-order valence-corrected chi connectivity index (χ3v) is 5.17. The van der Waals surface area contributed by atoms with Crippen molar-refractivity contribution in [3.05, 3.63) is 28.2 Å². The fourth-order valence-electron chi connectivity index (χ4n) is 1.64. The van der Waals surface area contributed by atoms with Crippen LogP contribution in [0.25, 0.3) is 0 Å². The van der Waals surface area contributed by atoms with Crippen molar-refractivity contribution in [1.29, 1.82) is 0 Å². The molecule has 0 bridgehead atoms. The number of benzene rings is 1. The van der Waals surface area contributed by atoms with E-state index in [1.165, 1.54) is 12.1 Å². The van der Waals surface area contributed by atoms with Crippen molar-refractivity contribution in [3.63, 3.8) is 0 Å². The van der Waals surface area contributed by atoms with Gasteiger partial charge in [0.25, 0.3) is 0 Å². The van der Waals surface area contributed by atoms with Gasteiger partial charge in [0.15, 0.2) is 0 Å². The summed E-state index contributed by atoms with van der Waals surface area (Å²) in [6.45, 7) is 4.48. The zero-order chi connectivity index (χ0) is 15.3. The fraction of sp³-hybridized carbons (Fsp3) is 0.462. The van der Waals surface area contributed by atoms with Crippen molar-refractivity contribution < 1.29 is 18.3 Å². The van der Waals surface area contributed by atoms with Crippen LogP contribution in [0.1, 0.15) is 37.0 Å². The number of hydrogen-bond donors (Lipinski definition) is 2. The maximum absolute atomic E-state index is 12.1. The molecule has 5 nitrogen and oxygen atoms in total. The second-order valence-corrected chi connectivity index (χ2v) is 7.47. The van der Waals surface area contributed by atoms with Gasteiger partial charge in [-0.15, -0.1) is 0 Å². The minimum absolute atomic E-state index is 0.0538. The van der Waals surface area contributed by atoms with Gasteiger partial charge in [-0.2, -0.15) is 0 Å². The van der Waals surface area contributed by atoms with E-state index < -0.39 is 16.0 Å². The lowest BCUT2D eigenvalue weighted by atomic mass is 10.1. The van der Waals surface area contributed by atoms with E-state index in [0.29, 0.717) is 16.9 Å². The monoisotopic (exact) mass is 363 g/mol. The molecule has 0 saturated carbocycles. The molecule has 0 spiro atoms. The molecule has 0 aliphatic carbocycles. The van der Waals surface area contributed by atoms with E-state index in [9.17, 15) is 13.2 Å². The summed E-state index contributed by atoms with van der Waals surface area (Å²) in [5.41, 5.74) is -0.0595. The van der Waals surface area contributed by atoms with E-state index in [1.807, 2.05) is 0 Å². The lowest BCUT2D eigenvalue weighted by Gasteiger charge is -2.10. The van der Waals surface area contributed by atoms with Crippen LogP contribution in [0.15, 0.2) is 27.6 Å². The summed E-state index contributed by atoms with van der Waals surface area (Å²) >= 11 is 3.14. The van der Waals surface area contributed by atoms with Gasteiger partial charge in [0.2, 0.25) is 10.0 Å². The van der Waals surface area contributed by atoms with Crippen LogP contribution in [0.5, 0.6) is 0 Å². The average molecular weight is 364 g/mol. The molecule has 20 heavy (non-hydrogen) atoms. The number of carbonyl (C=O) groups is 1. The van der Waals surface area contributed by atoms with Crippen LogP contribution in [0.2, 0.25) is 0 Å². The van der Waals surface area contributed by atoms with Gasteiger partial charge in [-0.1, -0.05) is 13.8 Å². The number of rotatable bonds is 7. The molecule has 0 aliphatic heterocycles. The topological polar surface area (TPSA) is 83.5 Å². The molecule has 0 fully saturated rings. The van der Waals surface area contributed by atoms with E-state index in [4.69, 9.17) is 5.11 Å². The first kappa shape index (κ1) is 17.1. The first-order chi connectivity index (χ1) is 9.24. The second kappa shape index (κ2) is 7.19. The van der Waals surface area contributed by atoms with Crippen molar-refractivity contribution in [2.24, 2.45) is 5.92 Å². The van der Waals surface area contributed by atoms with Gasteiger partial charge in [-0.05, 0) is 52.9 Å². The molecule has 0 aliphatic rings. The summed E-state index contributed by atoms with van der Waals surface area (Å²) in [6, 6.07) is 3.92. The Morgan fingerprint density at radius 3 is 2.60 bits per heavy atom. The van der Waals surface area contributed by atoms with Gasteiger partial charge in [-0.3, -0.25) is 0 Å². The van der Waals surface area contributed by atoms with Gasteiger partial charge in [-0.25, -0.2) is 17.9 Å². The molecular formula is C13H18BrNO4S. The van der Waals surface area contributed by atoms with Gasteiger partial charge < -0.3 is 5.11 Å². The third-order valence-electron chi connectivity index (χ3n) is 2.72. The van der Waals surface area contributed by atoms with Crippen LogP contribution in [0.3, 0.4) is 0 Å². The van der Waals surface area contributed by atoms with Crippen LogP contribution in [0, 0.1) is 5.92 Å². The Hall–Kier alpha value is -0.920. The van der Waals surface area contributed by atoms with Crippen molar-refractivity contribution in [3.8, 4) is 0 Å². The normalized spacial score (nSPS) is 11.8. The summed E-state index contributed by atoms with van der Waals surface area (Å²) in [6.07, 6.45) is 1.67. The van der Waals surface area contributed by atoms with E-state index >= 15 is 0 Å². The molecule has 0 heterocycles. The molecular weight excluding hydrogens is 346 g/mol. The molecule has 0 atom stereocenters. The maximum atomic E-state index is 12.1. The molecule has 0 saturated heterocycles. The Labute approximate surface area is 127 Å². The molecule has 1 rings (SSSR count). The largest absolute Gasteiger partial charge is 0.478 e. The average Bonchev–Trinajstić information content (AvgIpc) is 2.34. The van der Waals surface area contributed by atoms with Crippen LogP contribution in [-0.2, 0) is 10.0 Å². The molecule has 7 heteroatoms. The number of carboxylic acid groups (broad SMARTS) is 1. The summed E-state index contributed by atoms with van der Waals surface area (Å²) in [5.74, 6) is -0.643. The number of aromatic carboxylic acids is 1. The Kier molecular flexibility index (Phi) is 6.16. The molecule has 1 aromatic carbocycles. The van der Waals surface area contributed by atoms with Crippen LogP contribution in [-0.4, -0.2) is 26.0 Å². The Bertz CT molecular complexity index is 584. The van der Waals surface area contributed by atoms with E-state index in [0.717, 1.165) is 18.9 Å². The number of carboxylic acids is 1. The lowest BCUT2D eigenvalue weighted by molar-refractivity contribution is 0.0696. The molecule has 2 N–H and O–H groups in total. The first-order valence-corrected chi connectivity index (χ1v) is 8.54. The summed E-state index contributed by atoms with van der Waals surface area (Å²) in [4.78, 5) is 10.8. The lowest BCUT2D eigenvalue weighted by Crippen LogP contribution is -2.25. The van der Waals surface area contributed by atoms with Gasteiger partial charge >= 0.3 is 5.97 Å². The number of hydrogen-bond acceptors (Lipinski definition) is 3. The van der Waals surface area contributed by atoms with Gasteiger partial charge in [0, 0.05) is 11.0 Å². The van der Waals surface area contributed by atoms with Crippen LogP contribution in [0.4, 0.5) is 0 Å². The summed E-state index contributed by atoms with van der Waals surface area (Å²) < 4.78 is 27.1. The highest BCUT2D eigenvalue weighted by atomic mass is 79.9. The highest BCUT2D eigenvalue weighted by molar-refractivity contribution is 9.10. The Morgan fingerprint density at radius 1 is 1.40 bits per heavy atom. The summed E-state index contributed by atoms with van der Waals surface area (Å²) in [7, 11) is -3.71. The molecule has 112 valence electrons. The van der Waals surface area contributed by atoms with Crippen molar-refractivity contribution in [1.82, 2.24) is 4.72 Å². The van der Waals surface area contributed by atoms with Crippen molar-refractivity contribution in [2.75, 3.05) is 6.54 Å². The van der Waals surface area contributed by atoms with E-state index in [2.05, 4.69) is 34.5 Å². The molecule has 0 radical (unpaired) electrons. The Balaban J connectivity index is 2.86. The highest BCUT2D eigenvalue weighted by Crippen LogP contribution is 2.23. The zero-order valence-corrected chi connectivity index (χ0v) is 13.8. The standard InChI is InChI=1S/C13H18BrNO4S/c1-9(2)4-3-7-15-20(18,19)12-8-10(13(16)17)5-6-11(12)14/h5-6,8-9,15H,3-4,7H2,1-2H3,(H,16,17). The molecule has 0 unspecified atom stereocenters. The highest BCUT2D eigenvalue weighted by Gasteiger charge is 2.19. The van der Waals surface area contributed by atoms with Crippen molar-refractivity contribution >= 4 is 31.9 Å². The third kappa shape index (κ3) is 4.88. The predicted molar refractivity (Wildman–Crippen MR) is 80.4 cm³/mol. The van der Waals surface area contributed by atoms with Crippen molar-refractivity contribution in [2.45, 2.75) is 31.6 Å². The number of sulfonamides is 1. The van der Waals surface area contributed by atoms with Gasteiger partial charge in [0.05, 0.1) is 10.5 Å². The SMILES string of the molecule is CC(C)CCCNS(=O)(=O)c1cc(C(=O)O)ccc1Br. The second-order valence-electron chi connectivity index (χ2n) is 4.88. The first-order valence-electron chi connectivity index (χ1n) is 6.26. The zero-order valence-electron chi connectivity index (χ0n) is 11.4. The quantitative estimate of drug-likeness (QED) is 0.729. The molecule has 0 aromatic heterocycles. The van der Waals surface area contributed by atoms with Crippen LogP contribution < -0.4 is 4.72 Å². The number of nitrogens with one attached hydrogen (secondary N) is 1. The van der Waals surface area contributed by atoms with Crippen LogP contribution >= 0.6 is 15.9 Å². The van der Waals surface area contributed by atoms with E-state index in [1.54, 1.807) is 0 Å². The number of halogens is 1. The maximum Gasteiger partial charge on any atom is 0.335 e. The molecule has 0 amide bonds. The Morgan fingerprint density at radius 2 is 2.05 bits per heavy atom. The fourth-order valence-corrected chi connectivity index (χ4v) is 3.70. The van der Waals surface area contributed by atoms with E-state index in [-0.39, 0.29) is 10.5 Å². The van der Waals surface area contributed by atoms with Gasteiger partial charge in [0.1, 0.15) is 0 Å². The smallest absolute Gasteiger partial charge is 0.335 e. The minimum atomic E-state index is -3.71. The summed E-state index contributed by atoms with van der Waals surface area (Å²) in [5, 5.41) is 8.91.